The van der Waals surface area contributed by atoms with Gasteiger partial charge in [-0.25, -0.2) is 0 Å². The molecule has 0 unspecified atom stereocenters. The van der Waals surface area contributed by atoms with Gasteiger partial charge in [0.1, 0.15) is 0 Å². The Hall–Kier alpha value is 0.310. The Morgan fingerprint density at radius 2 is 1.95 bits per heavy atom. The predicted octanol–water partition coefficient (Wildman–Crippen LogP) is 3.21. The molecule has 2 fully saturated rings. The van der Waals surface area contributed by atoms with E-state index in [1.54, 1.807) is 0 Å². The molecule has 2 saturated heterocycles. The van der Waals surface area contributed by atoms with E-state index in [0.29, 0.717) is 0 Å². The van der Waals surface area contributed by atoms with Crippen molar-refractivity contribution >= 4 is 41.7 Å². The second-order valence-corrected chi connectivity index (χ2v) is 7.61. The number of nitrogens with zero attached hydrogens (tertiary/aromatic N) is 2. The molecule has 0 radical (unpaired) electrons. The van der Waals surface area contributed by atoms with Crippen molar-refractivity contribution in [1.29, 1.82) is 0 Å². The maximum atomic E-state index is 5.52. The number of rotatable bonds is 4. The summed E-state index contributed by atoms with van der Waals surface area (Å²) in [6.07, 6.45) is 7.02. The standard InChI is InChI=1S/C16H31N3OS.HI/c1-4-17-15(19-9-5-14(2)6-10-19)18-13-16(21-3)7-11-20-12-8-16;/h14H,4-13H2,1-3H3,(H,17,18);1H. The van der Waals surface area contributed by atoms with Gasteiger partial charge in [-0.2, -0.15) is 11.8 Å². The van der Waals surface area contributed by atoms with E-state index < -0.39 is 0 Å². The quantitative estimate of drug-likeness (QED) is 0.413. The van der Waals surface area contributed by atoms with Crippen molar-refractivity contribution in [3.63, 3.8) is 0 Å². The molecule has 22 heavy (non-hydrogen) atoms. The molecule has 2 heterocycles. The van der Waals surface area contributed by atoms with Crippen LogP contribution in [-0.2, 0) is 4.74 Å². The first-order valence-corrected chi connectivity index (χ1v) is 9.58. The average molecular weight is 441 g/mol. The van der Waals surface area contributed by atoms with E-state index in [1.165, 1.54) is 12.8 Å². The molecular formula is C16H32IN3OS. The highest BCUT2D eigenvalue weighted by Gasteiger charge is 2.32. The minimum atomic E-state index is 0. The lowest BCUT2D eigenvalue weighted by molar-refractivity contribution is 0.0793. The number of halogens is 1. The molecular weight excluding hydrogens is 409 g/mol. The number of aliphatic imine (C=N–C) groups is 1. The lowest BCUT2D eigenvalue weighted by atomic mass is 9.99. The fourth-order valence-corrected chi connectivity index (χ4v) is 3.80. The largest absolute Gasteiger partial charge is 0.381 e. The lowest BCUT2D eigenvalue weighted by Gasteiger charge is -2.36. The van der Waals surface area contributed by atoms with Gasteiger partial charge in [-0.1, -0.05) is 6.92 Å². The molecule has 0 spiro atoms. The molecule has 1 N–H and O–H groups in total. The van der Waals surface area contributed by atoms with E-state index in [-0.39, 0.29) is 28.7 Å². The number of nitrogens with one attached hydrogen (secondary N) is 1. The highest BCUT2D eigenvalue weighted by molar-refractivity contribution is 14.0. The molecule has 0 aromatic heterocycles. The van der Waals surface area contributed by atoms with Crippen LogP contribution in [0.1, 0.15) is 39.5 Å². The molecule has 0 aromatic carbocycles. The Kier molecular flexibility index (Phi) is 9.47. The minimum Gasteiger partial charge on any atom is -0.381 e. The summed E-state index contributed by atoms with van der Waals surface area (Å²) in [5.74, 6) is 1.97. The summed E-state index contributed by atoms with van der Waals surface area (Å²) in [5.41, 5.74) is 0. The van der Waals surface area contributed by atoms with Gasteiger partial charge in [0.25, 0.3) is 0 Å². The molecule has 2 aliphatic rings. The first-order chi connectivity index (χ1) is 10.2. The number of hydrogen-bond acceptors (Lipinski definition) is 3. The molecule has 2 aliphatic heterocycles. The number of hydrogen-bond donors (Lipinski definition) is 1. The van der Waals surface area contributed by atoms with Crippen LogP contribution in [0.5, 0.6) is 0 Å². The molecule has 0 aliphatic carbocycles. The third-order valence-electron chi connectivity index (χ3n) is 4.77. The van der Waals surface area contributed by atoms with Crippen LogP contribution in [0.3, 0.4) is 0 Å². The summed E-state index contributed by atoms with van der Waals surface area (Å²) >= 11 is 1.97. The fourth-order valence-electron chi connectivity index (χ4n) is 3.04. The van der Waals surface area contributed by atoms with Crippen LogP contribution in [0.25, 0.3) is 0 Å². The van der Waals surface area contributed by atoms with Crippen molar-refractivity contribution in [3.05, 3.63) is 0 Å². The zero-order chi connectivity index (χ0) is 15.1. The van der Waals surface area contributed by atoms with E-state index in [2.05, 4.69) is 30.3 Å². The van der Waals surface area contributed by atoms with Gasteiger partial charge < -0.3 is 15.0 Å². The molecule has 0 bridgehead atoms. The summed E-state index contributed by atoms with van der Waals surface area (Å²) in [5, 5.41) is 3.48. The number of ether oxygens (including phenoxy) is 1. The summed E-state index contributed by atoms with van der Waals surface area (Å²) < 4.78 is 5.80. The summed E-state index contributed by atoms with van der Waals surface area (Å²) in [6, 6.07) is 0. The Balaban J connectivity index is 0.00000242. The molecule has 6 heteroatoms. The number of thioether (sulfide) groups is 1. The van der Waals surface area contributed by atoms with Gasteiger partial charge in [0.05, 0.1) is 6.54 Å². The zero-order valence-corrected chi connectivity index (χ0v) is 17.4. The normalized spacial score (nSPS) is 23.0. The van der Waals surface area contributed by atoms with Gasteiger partial charge >= 0.3 is 0 Å². The Morgan fingerprint density at radius 3 is 2.50 bits per heavy atom. The lowest BCUT2D eigenvalue weighted by Crippen LogP contribution is -2.46. The smallest absolute Gasteiger partial charge is 0.193 e. The van der Waals surface area contributed by atoms with Gasteiger partial charge in [0.15, 0.2) is 5.96 Å². The second kappa shape index (κ2) is 10.2. The molecule has 0 aromatic rings. The van der Waals surface area contributed by atoms with E-state index in [0.717, 1.165) is 64.1 Å². The predicted molar refractivity (Wildman–Crippen MR) is 108 cm³/mol. The third kappa shape index (κ3) is 5.74. The molecule has 130 valence electrons. The Bertz CT molecular complexity index is 340. The molecule has 2 rings (SSSR count). The number of piperidine rings is 1. The van der Waals surface area contributed by atoms with E-state index in [1.807, 2.05) is 11.8 Å². The fraction of sp³-hybridized carbons (Fsp3) is 0.938. The van der Waals surface area contributed by atoms with Crippen LogP contribution in [-0.4, -0.2) is 61.3 Å². The first kappa shape index (κ1) is 20.4. The SMILES string of the molecule is CCNC(=NCC1(SC)CCOCC1)N1CCC(C)CC1.I. The molecule has 0 amide bonds. The highest BCUT2D eigenvalue weighted by Crippen LogP contribution is 2.34. The summed E-state index contributed by atoms with van der Waals surface area (Å²) in [6.45, 7) is 10.4. The molecule has 0 atom stereocenters. The Labute approximate surface area is 157 Å². The van der Waals surface area contributed by atoms with Crippen molar-refractivity contribution in [1.82, 2.24) is 10.2 Å². The first-order valence-electron chi connectivity index (χ1n) is 8.35. The van der Waals surface area contributed by atoms with Crippen LogP contribution in [0.4, 0.5) is 0 Å². The van der Waals surface area contributed by atoms with E-state index >= 15 is 0 Å². The van der Waals surface area contributed by atoms with Crippen molar-refractivity contribution in [2.45, 2.75) is 44.3 Å². The van der Waals surface area contributed by atoms with Gasteiger partial charge in [0, 0.05) is 37.6 Å². The van der Waals surface area contributed by atoms with Crippen LogP contribution in [0.15, 0.2) is 4.99 Å². The van der Waals surface area contributed by atoms with Gasteiger partial charge in [-0.3, -0.25) is 4.99 Å². The molecule has 0 saturated carbocycles. The Morgan fingerprint density at radius 1 is 1.32 bits per heavy atom. The monoisotopic (exact) mass is 441 g/mol. The number of guanidine groups is 1. The van der Waals surface area contributed by atoms with Gasteiger partial charge in [-0.05, 0) is 44.8 Å². The highest BCUT2D eigenvalue weighted by atomic mass is 127. The second-order valence-electron chi connectivity index (χ2n) is 6.34. The van der Waals surface area contributed by atoms with Gasteiger partial charge in [0.2, 0.25) is 0 Å². The maximum absolute atomic E-state index is 5.52. The third-order valence-corrected chi connectivity index (χ3v) is 6.18. The van der Waals surface area contributed by atoms with Crippen molar-refractivity contribution < 1.29 is 4.74 Å². The van der Waals surface area contributed by atoms with Crippen molar-refractivity contribution in [2.75, 3.05) is 45.6 Å². The maximum Gasteiger partial charge on any atom is 0.193 e. The van der Waals surface area contributed by atoms with E-state index in [9.17, 15) is 0 Å². The van der Waals surface area contributed by atoms with Crippen LogP contribution >= 0.6 is 35.7 Å². The average Bonchev–Trinajstić information content (AvgIpc) is 2.53. The van der Waals surface area contributed by atoms with Crippen LogP contribution in [0.2, 0.25) is 0 Å². The van der Waals surface area contributed by atoms with Crippen molar-refractivity contribution in [3.8, 4) is 0 Å². The summed E-state index contributed by atoms with van der Waals surface area (Å²) in [4.78, 5) is 7.43. The zero-order valence-electron chi connectivity index (χ0n) is 14.3. The minimum absolute atomic E-state index is 0. The summed E-state index contributed by atoms with van der Waals surface area (Å²) in [7, 11) is 0. The number of likely N-dealkylation sites (tertiary alicyclic amines) is 1. The van der Waals surface area contributed by atoms with Crippen molar-refractivity contribution in [2.24, 2.45) is 10.9 Å². The molecule has 4 nitrogen and oxygen atoms in total. The van der Waals surface area contributed by atoms with Crippen LogP contribution in [0, 0.1) is 5.92 Å². The topological polar surface area (TPSA) is 36.9 Å². The van der Waals surface area contributed by atoms with Gasteiger partial charge in [-0.15, -0.1) is 24.0 Å². The van der Waals surface area contributed by atoms with E-state index in [4.69, 9.17) is 9.73 Å². The van der Waals surface area contributed by atoms with Crippen LogP contribution < -0.4 is 5.32 Å².